The first-order chi connectivity index (χ1) is 11.1. The average molecular weight is 319 g/mol. The molecule has 2 N–H and O–H groups in total. The van der Waals surface area contributed by atoms with Gasteiger partial charge >= 0.3 is 6.09 Å². The Labute approximate surface area is 134 Å². The fourth-order valence-corrected chi connectivity index (χ4v) is 2.74. The van der Waals surface area contributed by atoms with Crippen molar-refractivity contribution in [3.8, 4) is 0 Å². The monoisotopic (exact) mass is 319 g/mol. The Morgan fingerprint density at radius 3 is 2.83 bits per heavy atom. The van der Waals surface area contributed by atoms with E-state index < -0.39 is 0 Å². The van der Waals surface area contributed by atoms with Gasteiger partial charge in [0.25, 0.3) is 0 Å². The molecule has 23 heavy (non-hydrogen) atoms. The standard InChI is InChI=1S/C16H21N3O4/c1-11(20)18-8-14-10-19(16(21)23-14)13-4-2-12(3-5-13)15-9-17-6-7-22-15/h2-5,14-15,17H,6-10H2,1H3,(H,18,20)/t14-,15?/m0/s1. The van der Waals surface area contributed by atoms with Crippen molar-refractivity contribution in [2.75, 3.05) is 37.7 Å². The maximum Gasteiger partial charge on any atom is 0.414 e. The molecule has 3 rings (SSSR count). The summed E-state index contributed by atoms with van der Waals surface area (Å²) >= 11 is 0. The van der Waals surface area contributed by atoms with Gasteiger partial charge in [-0.15, -0.1) is 0 Å². The van der Waals surface area contributed by atoms with Crippen LogP contribution >= 0.6 is 0 Å². The van der Waals surface area contributed by atoms with Crippen LogP contribution in [0.2, 0.25) is 0 Å². The lowest BCUT2D eigenvalue weighted by molar-refractivity contribution is -0.119. The fourth-order valence-electron chi connectivity index (χ4n) is 2.74. The molecule has 7 heteroatoms. The molecule has 1 aromatic rings. The largest absolute Gasteiger partial charge is 0.442 e. The van der Waals surface area contributed by atoms with Crippen LogP contribution in [-0.2, 0) is 14.3 Å². The van der Waals surface area contributed by atoms with E-state index in [0.29, 0.717) is 19.7 Å². The van der Waals surface area contributed by atoms with Gasteiger partial charge in [-0.25, -0.2) is 4.79 Å². The van der Waals surface area contributed by atoms with Crippen molar-refractivity contribution in [3.05, 3.63) is 29.8 Å². The van der Waals surface area contributed by atoms with Gasteiger partial charge in [-0.2, -0.15) is 0 Å². The van der Waals surface area contributed by atoms with Crippen molar-refractivity contribution in [2.45, 2.75) is 19.1 Å². The third-order valence-electron chi connectivity index (χ3n) is 3.96. The highest BCUT2D eigenvalue weighted by atomic mass is 16.6. The molecule has 0 aliphatic carbocycles. The third-order valence-corrected chi connectivity index (χ3v) is 3.96. The van der Waals surface area contributed by atoms with E-state index in [1.807, 2.05) is 24.3 Å². The average Bonchev–Trinajstić information content (AvgIpc) is 2.95. The summed E-state index contributed by atoms with van der Waals surface area (Å²) in [4.78, 5) is 24.5. The van der Waals surface area contributed by atoms with Gasteiger partial charge < -0.3 is 20.1 Å². The number of anilines is 1. The number of benzene rings is 1. The minimum absolute atomic E-state index is 0.0517. The second-order valence-corrected chi connectivity index (χ2v) is 5.71. The minimum atomic E-state index is -0.385. The van der Waals surface area contributed by atoms with E-state index >= 15 is 0 Å². The zero-order valence-electron chi connectivity index (χ0n) is 13.1. The Bertz CT molecular complexity index is 569. The molecule has 0 bridgehead atoms. The summed E-state index contributed by atoms with van der Waals surface area (Å²) in [5, 5.41) is 5.96. The van der Waals surface area contributed by atoms with Crippen molar-refractivity contribution in [1.82, 2.24) is 10.6 Å². The molecular weight excluding hydrogens is 298 g/mol. The van der Waals surface area contributed by atoms with E-state index in [4.69, 9.17) is 9.47 Å². The molecule has 2 aliphatic rings. The van der Waals surface area contributed by atoms with Crippen molar-refractivity contribution in [2.24, 2.45) is 0 Å². The number of hydrogen-bond donors (Lipinski definition) is 2. The maximum absolute atomic E-state index is 12.0. The van der Waals surface area contributed by atoms with Crippen molar-refractivity contribution >= 4 is 17.7 Å². The smallest absolute Gasteiger partial charge is 0.414 e. The van der Waals surface area contributed by atoms with Crippen LogP contribution in [0.3, 0.4) is 0 Å². The number of morpholine rings is 1. The fraction of sp³-hybridized carbons (Fsp3) is 0.500. The minimum Gasteiger partial charge on any atom is -0.442 e. The number of cyclic esters (lactones) is 1. The van der Waals surface area contributed by atoms with Crippen molar-refractivity contribution < 1.29 is 19.1 Å². The third kappa shape index (κ3) is 3.80. The van der Waals surface area contributed by atoms with Crippen LogP contribution in [0.15, 0.2) is 24.3 Å². The molecule has 0 saturated carbocycles. The van der Waals surface area contributed by atoms with Gasteiger partial charge in [-0.1, -0.05) is 12.1 Å². The van der Waals surface area contributed by atoms with Crippen LogP contribution in [0.4, 0.5) is 10.5 Å². The number of nitrogens with zero attached hydrogens (tertiary/aromatic N) is 1. The Morgan fingerprint density at radius 2 is 2.17 bits per heavy atom. The molecule has 2 aliphatic heterocycles. The molecule has 1 unspecified atom stereocenters. The van der Waals surface area contributed by atoms with Gasteiger partial charge in [0.1, 0.15) is 6.10 Å². The molecule has 2 amide bonds. The Balaban J connectivity index is 1.62. The predicted molar refractivity (Wildman–Crippen MR) is 84.3 cm³/mol. The first-order valence-electron chi connectivity index (χ1n) is 7.78. The lowest BCUT2D eigenvalue weighted by Gasteiger charge is -2.24. The summed E-state index contributed by atoms with van der Waals surface area (Å²) in [7, 11) is 0. The predicted octanol–water partition coefficient (Wildman–Crippen LogP) is 0.809. The summed E-state index contributed by atoms with van der Waals surface area (Å²) in [6.07, 6.45) is -0.656. The zero-order chi connectivity index (χ0) is 16.2. The van der Waals surface area contributed by atoms with Crippen LogP contribution in [0.25, 0.3) is 0 Å². The van der Waals surface area contributed by atoms with Gasteiger partial charge in [0.15, 0.2) is 0 Å². The number of nitrogens with one attached hydrogen (secondary N) is 2. The Morgan fingerprint density at radius 1 is 1.39 bits per heavy atom. The second-order valence-electron chi connectivity index (χ2n) is 5.71. The van der Waals surface area contributed by atoms with Crippen LogP contribution in [0, 0.1) is 0 Å². The summed E-state index contributed by atoms with van der Waals surface area (Å²) in [5.74, 6) is -0.134. The number of carbonyl (C=O) groups is 2. The summed E-state index contributed by atoms with van der Waals surface area (Å²) in [6, 6.07) is 7.74. The summed E-state index contributed by atoms with van der Waals surface area (Å²) < 4.78 is 11.0. The van der Waals surface area contributed by atoms with Gasteiger partial charge in [-0.05, 0) is 17.7 Å². The van der Waals surface area contributed by atoms with Gasteiger partial charge in [-0.3, -0.25) is 9.69 Å². The lowest BCUT2D eigenvalue weighted by atomic mass is 10.1. The molecule has 2 saturated heterocycles. The van der Waals surface area contributed by atoms with Gasteiger partial charge in [0, 0.05) is 25.7 Å². The molecule has 2 heterocycles. The van der Waals surface area contributed by atoms with Gasteiger partial charge in [0.05, 0.1) is 25.8 Å². The molecule has 0 aromatic heterocycles. The molecule has 124 valence electrons. The zero-order valence-corrected chi connectivity index (χ0v) is 13.1. The first-order valence-corrected chi connectivity index (χ1v) is 7.78. The van der Waals surface area contributed by atoms with Crippen molar-refractivity contribution in [1.29, 1.82) is 0 Å². The molecule has 0 radical (unpaired) electrons. The molecule has 0 spiro atoms. The normalized spacial score (nSPS) is 24.4. The van der Waals surface area contributed by atoms with Crippen LogP contribution in [0.1, 0.15) is 18.6 Å². The number of carbonyl (C=O) groups excluding carboxylic acids is 2. The molecule has 2 atom stereocenters. The topological polar surface area (TPSA) is 79.9 Å². The highest BCUT2D eigenvalue weighted by Gasteiger charge is 2.32. The van der Waals surface area contributed by atoms with Crippen molar-refractivity contribution in [3.63, 3.8) is 0 Å². The van der Waals surface area contributed by atoms with E-state index in [1.54, 1.807) is 4.90 Å². The summed E-state index contributed by atoms with van der Waals surface area (Å²) in [6.45, 7) is 4.58. The number of ether oxygens (including phenoxy) is 2. The Hall–Kier alpha value is -2.12. The van der Waals surface area contributed by atoms with E-state index in [-0.39, 0.29) is 24.2 Å². The Kier molecular flexibility index (Phi) is 4.78. The maximum atomic E-state index is 12.0. The van der Waals surface area contributed by atoms with E-state index in [2.05, 4.69) is 10.6 Å². The van der Waals surface area contributed by atoms with E-state index in [1.165, 1.54) is 6.92 Å². The van der Waals surface area contributed by atoms with E-state index in [9.17, 15) is 9.59 Å². The lowest BCUT2D eigenvalue weighted by Crippen LogP contribution is -2.33. The number of rotatable bonds is 4. The van der Waals surface area contributed by atoms with Crippen LogP contribution in [0.5, 0.6) is 0 Å². The highest BCUT2D eigenvalue weighted by Crippen LogP contribution is 2.25. The van der Waals surface area contributed by atoms with E-state index in [0.717, 1.165) is 24.3 Å². The second kappa shape index (κ2) is 6.97. The molecule has 7 nitrogen and oxygen atoms in total. The number of amides is 2. The highest BCUT2D eigenvalue weighted by molar-refractivity contribution is 5.89. The van der Waals surface area contributed by atoms with Crippen LogP contribution < -0.4 is 15.5 Å². The molecular formula is C16H21N3O4. The first kappa shape index (κ1) is 15.8. The van der Waals surface area contributed by atoms with Crippen LogP contribution in [-0.4, -0.2) is 50.9 Å². The number of hydrogen-bond acceptors (Lipinski definition) is 5. The van der Waals surface area contributed by atoms with Gasteiger partial charge in [0.2, 0.25) is 5.91 Å². The SMILES string of the molecule is CC(=O)NC[C@H]1CN(c2ccc(C3CNCCO3)cc2)C(=O)O1. The summed E-state index contributed by atoms with van der Waals surface area (Å²) in [5.41, 5.74) is 1.87. The quantitative estimate of drug-likeness (QED) is 0.858. The molecule has 1 aromatic carbocycles. The molecule has 2 fully saturated rings.